The number of anilines is 1. The SMILES string of the molecule is COc1ccc(CN2C(=S)N(Cc3ccccc3)C(=O)[C@H]2CC(=O)Nc2ccc(F)cc2)cc1. The zero-order valence-corrected chi connectivity index (χ0v) is 19.4. The molecule has 1 fully saturated rings. The number of benzene rings is 3. The zero-order chi connectivity index (χ0) is 24.1. The summed E-state index contributed by atoms with van der Waals surface area (Å²) in [4.78, 5) is 29.5. The summed E-state index contributed by atoms with van der Waals surface area (Å²) in [6.07, 6.45) is -0.0855. The van der Waals surface area contributed by atoms with Crippen molar-refractivity contribution in [1.29, 1.82) is 0 Å². The minimum Gasteiger partial charge on any atom is -0.497 e. The second-order valence-corrected chi connectivity index (χ2v) is 8.31. The lowest BCUT2D eigenvalue weighted by molar-refractivity contribution is -0.131. The number of halogens is 1. The lowest BCUT2D eigenvalue weighted by Gasteiger charge is -2.24. The van der Waals surface area contributed by atoms with Gasteiger partial charge in [0.1, 0.15) is 17.6 Å². The van der Waals surface area contributed by atoms with Crippen molar-refractivity contribution >= 4 is 34.8 Å². The molecule has 1 aliphatic rings. The van der Waals surface area contributed by atoms with E-state index in [-0.39, 0.29) is 18.2 Å². The lowest BCUT2D eigenvalue weighted by atomic mass is 10.1. The molecule has 3 aromatic carbocycles. The minimum atomic E-state index is -0.751. The maximum absolute atomic E-state index is 13.4. The first-order valence-corrected chi connectivity index (χ1v) is 11.2. The highest BCUT2D eigenvalue weighted by Crippen LogP contribution is 2.26. The number of rotatable bonds is 8. The van der Waals surface area contributed by atoms with E-state index in [0.29, 0.717) is 23.9 Å². The topological polar surface area (TPSA) is 61.9 Å². The molecule has 8 heteroatoms. The Morgan fingerprint density at radius 1 is 0.971 bits per heavy atom. The van der Waals surface area contributed by atoms with Gasteiger partial charge >= 0.3 is 0 Å². The summed E-state index contributed by atoms with van der Waals surface area (Å²) in [6, 6.07) is 21.8. The third-order valence-electron chi connectivity index (χ3n) is 5.61. The van der Waals surface area contributed by atoms with Crippen LogP contribution in [0, 0.1) is 5.82 Å². The number of ether oxygens (including phenoxy) is 1. The van der Waals surface area contributed by atoms with Crippen LogP contribution < -0.4 is 10.1 Å². The van der Waals surface area contributed by atoms with Gasteiger partial charge in [-0.1, -0.05) is 42.5 Å². The third-order valence-corrected chi connectivity index (χ3v) is 6.06. The number of carbonyl (C=O) groups excluding carboxylic acids is 2. The summed E-state index contributed by atoms with van der Waals surface area (Å²) in [5.41, 5.74) is 2.34. The standard InChI is InChI=1S/C26H24FN3O3S/c1-33-22-13-7-19(8-14-22)16-29-23(15-24(31)28-21-11-9-20(27)10-12-21)25(32)30(26(29)34)17-18-5-3-2-4-6-18/h2-14,23H,15-17H2,1H3,(H,28,31)/t23-/m1/s1. The number of nitrogens with zero attached hydrogens (tertiary/aromatic N) is 2. The van der Waals surface area contributed by atoms with Gasteiger partial charge in [-0.15, -0.1) is 0 Å². The highest BCUT2D eigenvalue weighted by atomic mass is 32.1. The molecule has 0 bridgehead atoms. The third kappa shape index (κ3) is 5.40. The van der Waals surface area contributed by atoms with E-state index >= 15 is 0 Å². The molecule has 0 aromatic heterocycles. The normalized spacial score (nSPS) is 15.5. The Morgan fingerprint density at radius 2 is 1.62 bits per heavy atom. The van der Waals surface area contributed by atoms with Crippen molar-refractivity contribution in [3.05, 3.63) is 95.8 Å². The average molecular weight is 478 g/mol. The van der Waals surface area contributed by atoms with Gasteiger partial charge in [-0.2, -0.15) is 0 Å². The maximum atomic E-state index is 13.4. The Hall–Kier alpha value is -3.78. The maximum Gasteiger partial charge on any atom is 0.252 e. The Labute approximate surface area is 202 Å². The molecule has 4 rings (SSSR count). The number of thiocarbonyl (C=S) groups is 1. The van der Waals surface area contributed by atoms with E-state index in [1.54, 1.807) is 16.9 Å². The molecule has 0 saturated carbocycles. The van der Waals surface area contributed by atoms with Gasteiger partial charge in [-0.05, 0) is 59.7 Å². The fourth-order valence-corrected chi connectivity index (χ4v) is 4.18. The van der Waals surface area contributed by atoms with Gasteiger partial charge in [0.05, 0.1) is 20.1 Å². The van der Waals surface area contributed by atoms with Crippen molar-refractivity contribution in [3.8, 4) is 5.75 Å². The fourth-order valence-electron chi connectivity index (χ4n) is 3.83. The molecule has 34 heavy (non-hydrogen) atoms. The summed E-state index contributed by atoms with van der Waals surface area (Å²) in [6.45, 7) is 0.696. The number of hydrogen-bond donors (Lipinski definition) is 1. The number of methoxy groups -OCH3 is 1. The van der Waals surface area contributed by atoms with Crippen molar-refractivity contribution in [1.82, 2.24) is 9.80 Å². The van der Waals surface area contributed by atoms with E-state index < -0.39 is 11.9 Å². The second kappa shape index (κ2) is 10.4. The zero-order valence-electron chi connectivity index (χ0n) is 18.6. The molecule has 1 saturated heterocycles. The lowest BCUT2D eigenvalue weighted by Crippen LogP contribution is -2.37. The van der Waals surface area contributed by atoms with Gasteiger partial charge in [0, 0.05) is 12.2 Å². The van der Waals surface area contributed by atoms with Crippen molar-refractivity contribution < 1.29 is 18.7 Å². The quantitative estimate of drug-likeness (QED) is 0.489. The van der Waals surface area contributed by atoms with Crippen LogP contribution in [0.1, 0.15) is 17.5 Å². The monoisotopic (exact) mass is 477 g/mol. The summed E-state index contributed by atoms with van der Waals surface area (Å²) in [5.74, 6) is -0.244. The van der Waals surface area contributed by atoms with Gasteiger partial charge in [-0.25, -0.2) is 4.39 Å². The summed E-state index contributed by atoms with van der Waals surface area (Å²) in [7, 11) is 1.60. The molecule has 1 atom stereocenters. The first-order valence-electron chi connectivity index (χ1n) is 10.8. The van der Waals surface area contributed by atoms with Crippen LogP contribution >= 0.6 is 12.2 Å². The highest BCUT2D eigenvalue weighted by molar-refractivity contribution is 7.80. The number of hydrogen-bond acceptors (Lipinski definition) is 4. The summed E-state index contributed by atoms with van der Waals surface area (Å²) >= 11 is 5.69. The molecule has 1 aliphatic heterocycles. The van der Waals surface area contributed by atoms with E-state index in [0.717, 1.165) is 16.9 Å². The number of amides is 2. The van der Waals surface area contributed by atoms with E-state index in [2.05, 4.69) is 5.32 Å². The van der Waals surface area contributed by atoms with Gasteiger partial charge in [-0.3, -0.25) is 14.5 Å². The minimum absolute atomic E-state index is 0.0855. The van der Waals surface area contributed by atoms with Crippen LogP contribution in [-0.2, 0) is 22.7 Å². The van der Waals surface area contributed by atoms with Crippen LogP contribution in [0.25, 0.3) is 0 Å². The Kier molecular flexibility index (Phi) is 7.18. The van der Waals surface area contributed by atoms with Crippen LogP contribution in [-0.4, -0.2) is 39.9 Å². The van der Waals surface area contributed by atoms with Gasteiger partial charge in [0.2, 0.25) is 5.91 Å². The molecule has 0 aliphatic carbocycles. The van der Waals surface area contributed by atoms with Crippen molar-refractivity contribution in [2.75, 3.05) is 12.4 Å². The number of nitrogens with one attached hydrogen (secondary N) is 1. The van der Waals surface area contributed by atoms with Crippen LogP contribution in [0.15, 0.2) is 78.9 Å². The smallest absolute Gasteiger partial charge is 0.252 e. The summed E-state index contributed by atoms with van der Waals surface area (Å²) in [5, 5.41) is 3.11. The molecule has 1 heterocycles. The molecule has 2 amide bonds. The van der Waals surface area contributed by atoms with Crippen LogP contribution in [0.4, 0.5) is 10.1 Å². The van der Waals surface area contributed by atoms with Gasteiger partial charge in [0.15, 0.2) is 5.11 Å². The molecule has 3 aromatic rings. The Bertz CT molecular complexity index is 1170. The van der Waals surface area contributed by atoms with E-state index in [9.17, 15) is 14.0 Å². The molecule has 1 N–H and O–H groups in total. The van der Waals surface area contributed by atoms with Crippen molar-refractivity contribution in [3.63, 3.8) is 0 Å². The molecular weight excluding hydrogens is 453 g/mol. The largest absolute Gasteiger partial charge is 0.497 e. The Balaban J connectivity index is 1.55. The predicted molar refractivity (Wildman–Crippen MR) is 132 cm³/mol. The first kappa shape index (κ1) is 23.4. The van der Waals surface area contributed by atoms with E-state index in [4.69, 9.17) is 17.0 Å². The van der Waals surface area contributed by atoms with Crippen molar-refractivity contribution in [2.24, 2.45) is 0 Å². The predicted octanol–water partition coefficient (Wildman–Crippen LogP) is 4.36. The summed E-state index contributed by atoms with van der Waals surface area (Å²) < 4.78 is 18.4. The van der Waals surface area contributed by atoms with Gasteiger partial charge < -0.3 is 15.0 Å². The number of carbonyl (C=O) groups is 2. The molecule has 0 spiro atoms. The van der Waals surface area contributed by atoms with E-state index in [1.807, 2.05) is 54.6 Å². The molecule has 0 unspecified atom stereocenters. The van der Waals surface area contributed by atoms with Crippen LogP contribution in [0.3, 0.4) is 0 Å². The first-order chi connectivity index (χ1) is 16.4. The molecular formula is C26H24FN3O3S. The Morgan fingerprint density at radius 3 is 2.26 bits per heavy atom. The second-order valence-electron chi connectivity index (χ2n) is 7.94. The fraction of sp³-hybridized carbons (Fsp3) is 0.192. The highest BCUT2D eigenvalue weighted by Gasteiger charge is 2.43. The molecule has 174 valence electrons. The van der Waals surface area contributed by atoms with Crippen LogP contribution in [0.2, 0.25) is 0 Å². The molecule has 6 nitrogen and oxygen atoms in total. The van der Waals surface area contributed by atoms with Crippen molar-refractivity contribution in [2.45, 2.75) is 25.6 Å². The van der Waals surface area contributed by atoms with Crippen LogP contribution in [0.5, 0.6) is 5.75 Å². The van der Waals surface area contributed by atoms with Gasteiger partial charge in [0.25, 0.3) is 5.91 Å². The molecule has 0 radical (unpaired) electrons. The van der Waals surface area contributed by atoms with E-state index in [1.165, 1.54) is 24.3 Å². The average Bonchev–Trinajstić information content (AvgIpc) is 3.06.